The second kappa shape index (κ2) is 7.57. The van der Waals surface area contributed by atoms with Crippen molar-refractivity contribution in [3.8, 4) is 17.7 Å². The van der Waals surface area contributed by atoms with E-state index >= 15 is 0 Å². The largest absolute Gasteiger partial charge is 0.439 e. The maximum atomic E-state index is 12.4. The highest BCUT2D eigenvalue weighted by atomic mass is 16.5. The van der Waals surface area contributed by atoms with Gasteiger partial charge in [-0.25, -0.2) is 4.98 Å². The molecule has 0 radical (unpaired) electrons. The quantitative estimate of drug-likeness (QED) is 0.901. The number of piperidine rings is 1. The number of carbonyl (C=O) groups excluding carboxylic acids is 1. The minimum absolute atomic E-state index is 0.117. The minimum atomic E-state index is -0.117. The third-order valence-corrected chi connectivity index (χ3v) is 3.88. The fourth-order valence-corrected chi connectivity index (χ4v) is 2.56. The topological polar surface area (TPSA) is 87.0 Å². The van der Waals surface area contributed by atoms with Crippen molar-refractivity contribution in [2.75, 3.05) is 13.1 Å². The van der Waals surface area contributed by atoms with Gasteiger partial charge in [-0.3, -0.25) is 4.79 Å². The second-order valence-electron chi connectivity index (χ2n) is 5.62. The van der Waals surface area contributed by atoms with E-state index in [1.807, 2.05) is 0 Å². The average Bonchev–Trinajstić information content (AvgIpc) is 2.63. The summed E-state index contributed by atoms with van der Waals surface area (Å²) in [6.07, 6.45) is 3.42. The van der Waals surface area contributed by atoms with E-state index in [4.69, 9.17) is 10.00 Å². The number of benzene rings is 1. The maximum absolute atomic E-state index is 12.4. The Balaban J connectivity index is 1.66. The molecule has 2 N–H and O–H groups in total. The standard InChI is InChI=1S/C18H18N4O2/c19-12-13-1-3-16(4-2-13)24-17-11-14(5-10-21-17)18(23)22-15-6-8-20-9-7-15/h1-5,10-11,15,20H,6-9H2,(H,22,23). The highest BCUT2D eigenvalue weighted by molar-refractivity contribution is 5.94. The Morgan fingerprint density at radius 3 is 2.71 bits per heavy atom. The van der Waals surface area contributed by atoms with Crippen molar-refractivity contribution in [3.63, 3.8) is 0 Å². The average molecular weight is 322 g/mol. The molecule has 6 nitrogen and oxygen atoms in total. The Morgan fingerprint density at radius 2 is 2.00 bits per heavy atom. The highest BCUT2D eigenvalue weighted by Crippen LogP contribution is 2.20. The smallest absolute Gasteiger partial charge is 0.251 e. The van der Waals surface area contributed by atoms with E-state index in [0.717, 1.165) is 25.9 Å². The van der Waals surface area contributed by atoms with Crippen LogP contribution in [-0.2, 0) is 0 Å². The van der Waals surface area contributed by atoms with E-state index in [1.165, 1.54) is 0 Å². The summed E-state index contributed by atoms with van der Waals surface area (Å²) in [5, 5.41) is 15.1. The van der Waals surface area contributed by atoms with Gasteiger partial charge in [0.05, 0.1) is 11.6 Å². The molecule has 0 unspecified atom stereocenters. The molecule has 1 aliphatic heterocycles. The molecule has 0 saturated carbocycles. The Kier molecular flexibility index (Phi) is 5.04. The molecule has 2 heterocycles. The first-order valence-corrected chi connectivity index (χ1v) is 7.90. The van der Waals surface area contributed by atoms with Crippen LogP contribution >= 0.6 is 0 Å². The molecular weight excluding hydrogens is 304 g/mol. The van der Waals surface area contributed by atoms with Gasteiger partial charge in [0.1, 0.15) is 5.75 Å². The monoisotopic (exact) mass is 322 g/mol. The first-order chi connectivity index (χ1) is 11.7. The molecular formula is C18H18N4O2. The molecule has 0 spiro atoms. The fraction of sp³-hybridized carbons (Fsp3) is 0.278. The first kappa shape index (κ1) is 16.0. The molecule has 0 aliphatic carbocycles. The van der Waals surface area contributed by atoms with Crippen LogP contribution in [-0.4, -0.2) is 30.0 Å². The number of rotatable bonds is 4. The number of hydrogen-bond acceptors (Lipinski definition) is 5. The van der Waals surface area contributed by atoms with Crippen molar-refractivity contribution in [1.29, 1.82) is 5.26 Å². The normalized spacial score (nSPS) is 14.6. The highest BCUT2D eigenvalue weighted by Gasteiger charge is 2.16. The van der Waals surface area contributed by atoms with Gasteiger partial charge in [-0.2, -0.15) is 5.26 Å². The summed E-state index contributed by atoms with van der Waals surface area (Å²) in [5.74, 6) is 0.795. The molecule has 0 atom stereocenters. The van der Waals surface area contributed by atoms with E-state index in [2.05, 4.69) is 21.7 Å². The summed E-state index contributed by atoms with van der Waals surface area (Å²) in [4.78, 5) is 16.5. The molecule has 1 aromatic carbocycles. The van der Waals surface area contributed by atoms with Crippen molar-refractivity contribution >= 4 is 5.91 Å². The molecule has 1 fully saturated rings. The van der Waals surface area contributed by atoms with Gasteiger partial charge in [-0.15, -0.1) is 0 Å². The number of amides is 1. The van der Waals surface area contributed by atoms with E-state index in [1.54, 1.807) is 42.6 Å². The van der Waals surface area contributed by atoms with Gasteiger partial charge in [0.15, 0.2) is 0 Å². The van der Waals surface area contributed by atoms with Gasteiger partial charge >= 0.3 is 0 Å². The van der Waals surface area contributed by atoms with Gasteiger partial charge in [0.25, 0.3) is 5.91 Å². The molecule has 3 rings (SSSR count). The van der Waals surface area contributed by atoms with Gasteiger partial charge in [-0.05, 0) is 56.3 Å². The Labute approximate surface area is 140 Å². The van der Waals surface area contributed by atoms with Crippen LogP contribution in [0.5, 0.6) is 11.6 Å². The zero-order valence-electron chi connectivity index (χ0n) is 13.2. The lowest BCUT2D eigenvalue weighted by atomic mass is 10.1. The van der Waals surface area contributed by atoms with Crippen molar-refractivity contribution in [1.82, 2.24) is 15.6 Å². The van der Waals surface area contributed by atoms with Crippen molar-refractivity contribution < 1.29 is 9.53 Å². The summed E-state index contributed by atoms with van der Waals surface area (Å²) < 4.78 is 5.65. The summed E-state index contributed by atoms with van der Waals surface area (Å²) >= 11 is 0. The molecule has 1 aromatic heterocycles. The SMILES string of the molecule is N#Cc1ccc(Oc2cc(C(=O)NC3CCNCC3)ccn2)cc1. The zero-order chi connectivity index (χ0) is 16.8. The molecule has 1 saturated heterocycles. The lowest BCUT2D eigenvalue weighted by molar-refractivity contribution is 0.0929. The number of hydrogen-bond donors (Lipinski definition) is 2. The van der Waals surface area contributed by atoms with Crippen LogP contribution in [0, 0.1) is 11.3 Å². The number of aromatic nitrogens is 1. The predicted octanol–water partition coefficient (Wildman–Crippen LogP) is 2.23. The molecule has 0 bridgehead atoms. The third-order valence-electron chi connectivity index (χ3n) is 3.88. The number of ether oxygens (including phenoxy) is 1. The van der Waals surface area contributed by atoms with Crippen molar-refractivity contribution in [2.24, 2.45) is 0 Å². The molecule has 1 aliphatic rings. The summed E-state index contributed by atoms with van der Waals surface area (Å²) in [5.41, 5.74) is 1.08. The Hall–Kier alpha value is -2.91. The molecule has 24 heavy (non-hydrogen) atoms. The second-order valence-corrected chi connectivity index (χ2v) is 5.62. The Bertz CT molecular complexity index is 746. The van der Waals surface area contributed by atoms with Crippen LogP contribution in [0.3, 0.4) is 0 Å². The van der Waals surface area contributed by atoms with Crippen LogP contribution in [0.25, 0.3) is 0 Å². The van der Waals surface area contributed by atoms with Crippen LogP contribution in [0.4, 0.5) is 0 Å². The van der Waals surface area contributed by atoms with E-state index in [9.17, 15) is 4.79 Å². The van der Waals surface area contributed by atoms with Crippen LogP contribution in [0.2, 0.25) is 0 Å². The van der Waals surface area contributed by atoms with Gasteiger partial charge in [0.2, 0.25) is 5.88 Å². The lowest BCUT2D eigenvalue weighted by Gasteiger charge is -2.23. The summed E-state index contributed by atoms with van der Waals surface area (Å²) in [6, 6.07) is 12.3. The summed E-state index contributed by atoms with van der Waals surface area (Å²) in [7, 11) is 0. The first-order valence-electron chi connectivity index (χ1n) is 7.90. The minimum Gasteiger partial charge on any atom is -0.439 e. The van der Waals surface area contributed by atoms with Crippen molar-refractivity contribution in [3.05, 3.63) is 53.7 Å². The van der Waals surface area contributed by atoms with Gasteiger partial charge < -0.3 is 15.4 Å². The van der Waals surface area contributed by atoms with Crippen LogP contribution < -0.4 is 15.4 Å². The lowest BCUT2D eigenvalue weighted by Crippen LogP contribution is -2.42. The number of nitrogens with one attached hydrogen (secondary N) is 2. The Morgan fingerprint density at radius 1 is 1.25 bits per heavy atom. The van der Waals surface area contributed by atoms with E-state index in [0.29, 0.717) is 22.8 Å². The summed E-state index contributed by atoms with van der Waals surface area (Å²) in [6.45, 7) is 1.85. The van der Waals surface area contributed by atoms with Gasteiger partial charge in [0, 0.05) is 23.9 Å². The fourth-order valence-electron chi connectivity index (χ4n) is 2.56. The molecule has 6 heteroatoms. The maximum Gasteiger partial charge on any atom is 0.251 e. The number of pyridine rings is 1. The molecule has 1 amide bonds. The van der Waals surface area contributed by atoms with Gasteiger partial charge in [-0.1, -0.05) is 0 Å². The number of carbonyl (C=O) groups is 1. The van der Waals surface area contributed by atoms with Crippen molar-refractivity contribution in [2.45, 2.75) is 18.9 Å². The number of nitriles is 1. The predicted molar refractivity (Wildman–Crippen MR) is 88.8 cm³/mol. The van der Waals surface area contributed by atoms with E-state index < -0.39 is 0 Å². The van der Waals surface area contributed by atoms with E-state index in [-0.39, 0.29) is 11.9 Å². The van der Waals surface area contributed by atoms with Crippen LogP contribution in [0.1, 0.15) is 28.8 Å². The zero-order valence-corrected chi connectivity index (χ0v) is 13.2. The molecule has 2 aromatic rings. The van der Waals surface area contributed by atoms with Crippen LogP contribution in [0.15, 0.2) is 42.6 Å². The molecule has 122 valence electrons. The third kappa shape index (κ3) is 4.09. The number of nitrogens with zero attached hydrogens (tertiary/aromatic N) is 2.